The molecule has 0 aliphatic heterocycles. The smallest absolute Gasteiger partial charge is 0.255 e. The Labute approximate surface area is 136 Å². The minimum absolute atomic E-state index is 0.00956. The molecule has 0 aromatic heterocycles. The first-order valence-corrected chi connectivity index (χ1v) is 7.43. The number of hydrogen-bond donors (Lipinski definition) is 0. The van der Waals surface area contributed by atoms with Gasteiger partial charge in [-0.25, -0.2) is 0 Å². The van der Waals surface area contributed by atoms with Gasteiger partial charge in [-0.05, 0) is 19.9 Å². The van der Waals surface area contributed by atoms with Crippen LogP contribution < -0.4 is 0 Å². The van der Waals surface area contributed by atoms with E-state index in [9.17, 15) is 9.59 Å². The largest absolute Gasteiger partial charge is 0.323 e. The number of amides is 1. The van der Waals surface area contributed by atoms with Gasteiger partial charge >= 0.3 is 0 Å². The minimum atomic E-state index is -0.304. The van der Waals surface area contributed by atoms with E-state index in [1.54, 1.807) is 48.5 Å². The highest BCUT2D eigenvalue weighted by molar-refractivity contribution is 6.15. The topological polar surface area (TPSA) is 61.2 Å². The van der Waals surface area contributed by atoms with Crippen molar-refractivity contribution in [1.82, 2.24) is 4.90 Å². The summed E-state index contributed by atoms with van der Waals surface area (Å²) in [6.45, 7) is 3.68. The van der Waals surface area contributed by atoms with Gasteiger partial charge in [0.05, 0.1) is 11.6 Å². The fourth-order valence-corrected chi connectivity index (χ4v) is 2.33. The molecule has 0 aliphatic rings. The standard InChI is InChI=1S/C19H18N2O2/c1-14(2)21(13-12-20)19(23)17-11-7-6-10-16(17)18(22)15-8-4-3-5-9-15/h3-11,14H,13H2,1-2H3. The molecule has 0 fully saturated rings. The zero-order chi connectivity index (χ0) is 16.8. The van der Waals surface area contributed by atoms with E-state index in [0.29, 0.717) is 16.7 Å². The van der Waals surface area contributed by atoms with Crippen molar-refractivity contribution in [2.45, 2.75) is 19.9 Å². The second kappa shape index (κ2) is 7.37. The van der Waals surface area contributed by atoms with Gasteiger partial charge in [0.2, 0.25) is 0 Å². The Morgan fingerprint density at radius 1 is 1.00 bits per heavy atom. The Hall–Kier alpha value is -2.93. The van der Waals surface area contributed by atoms with Crippen LogP contribution in [0.1, 0.15) is 40.1 Å². The minimum Gasteiger partial charge on any atom is -0.323 e. The summed E-state index contributed by atoms with van der Waals surface area (Å²) in [6, 6.07) is 17.5. The molecule has 1 amide bonds. The van der Waals surface area contributed by atoms with Crippen molar-refractivity contribution < 1.29 is 9.59 Å². The summed E-state index contributed by atoms with van der Waals surface area (Å²) in [5.74, 6) is -0.503. The van der Waals surface area contributed by atoms with Crippen molar-refractivity contribution in [2.75, 3.05) is 6.54 Å². The molecule has 0 spiro atoms. The molecular formula is C19H18N2O2. The van der Waals surface area contributed by atoms with Crippen LogP contribution in [0.3, 0.4) is 0 Å². The molecule has 0 radical (unpaired) electrons. The molecule has 116 valence electrons. The zero-order valence-electron chi connectivity index (χ0n) is 13.2. The molecule has 0 saturated heterocycles. The second-order valence-electron chi connectivity index (χ2n) is 5.43. The van der Waals surface area contributed by atoms with Gasteiger partial charge in [0, 0.05) is 17.2 Å². The summed E-state index contributed by atoms with van der Waals surface area (Å²) in [6.07, 6.45) is 0. The Bertz CT molecular complexity index is 745. The highest BCUT2D eigenvalue weighted by Crippen LogP contribution is 2.17. The third-order valence-corrected chi connectivity index (χ3v) is 3.56. The molecule has 2 aromatic rings. The molecule has 4 heteroatoms. The highest BCUT2D eigenvalue weighted by Gasteiger charge is 2.23. The van der Waals surface area contributed by atoms with E-state index < -0.39 is 0 Å². The van der Waals surface area contributed by atoms with Crippen molar-refractivity contribution in [1.29, 1.82) is 5.26 Å². The molecule has 4 nitrogen and oxygen atoms in total. The van der Waals surface area contributed by atoms with Crippen LogP contribution in [0.2, 0.25) is 0 Å². The number of nitrogens with zero attached hydrogens (tertiary/aromatic N) is 2. The quantitative estimate of drug-likeness (QED) is 0.629. The third-order valence-electron chi connectivity index (χ3n) is 3.56. The Morgan fingerprint density at radius 2 is 1.57 bits per heavy atom. The van der Waals surface area contributed by atoms with Crippen LogP contribution in [0, 0.1) is 11.3 Å². The molecule has 0 bridgehead atoms. The fraction of sp³-hybridized carbons (Fsp3) is 0.211. The van der Waals surface area contributed by atoms with E-state index in [4.69, 9.17) is 5.26 Å². The van der Waals surface area contributed by atoms with Crippen molar-refractivity contribution >= 4 is 11.7 Å². The summed E-state index contributed by atoms with van der Waals surface area (Å²) in [5, 5.41) is 8.93. The number of carbonyl (C=O) groups excluding carboxylic acids is 2. The average molecular weight is 306 g/mol. The Kier molecular flexibility index (Phi) is 5.27. The maximum atomic E-state index is 12.8. The van der Waals surface area contributed by atoms with Crippen LogP contribution in [-0.4, -0.2) is 29.2 Å². The molecule has 0 saturated carbocycles. The number of ketones is 1. The molecular weight excluding hydrogens is 288 g/mol. The Balaban J connectivity index is 2.44. The summed E-state index contributed by atoms with van der Waals surface area (Å²) in [7, 11) is 0. The lowest BCUT2D eigenvalue weighted by Gasteiger charge is -2.24. The summed E-state index contributed by atoms with van der Waals surface area (Å²) in [4.78, 5) is 26.9. The van der Waals surface area contributed by atoms with Crippen LogP contribution in [0.5, 0.6) is 0 Å². The molecule has 0 unspecified atom stereocenters. The normalized spacial score (nSPS) is 10.2. The molecule has 0 heterocycles. The predicted molar refractivity (Wildman–Crippen MR) is 88.1 cm³/mol. The molecule has 2 rings (SSSR count). The van der Waals surface area contributed by atoms with Crippen molar-refractivity contribution in [3.05, 3.63) is 71.3 Å². The predicted octanol–water partition coefficient (Wildman–Crippen LogP) is 3.29. The highest BCUT2D eigenvalue weighted by atomic mass is 16.2. The van der Waals surface area contributed by atoms with Gasteiger partial charge in [-0.1, -0.05) is 48.5 Å². The van der Waals surface area contributed by atoms with E-state index in [0.717, 1.165) is 0 Å². The van der Waals surface area contributed by atoms with Gasteiger partial charge in [-0.3, -0.25) is 9.59 Å². The van der Waals surface area contributed by atoms with E-state index in [1.807, 2.05) is 26.0 Å². The van der Waals surface area contributed by atoms with E-state index in [-0.39, 0.29) is 24.3 Å². The van der Waals surface area contributed by atoms with Crippen LogP contribution >= 0.6 is 0 Å². The van der Waals surface area contributed by atoms with Gasteiger partial charge in [0.1, 0.15) is 6.54 Å². The van der Waals surface area contributed by atoms with E-state index in [1.165, 1.54) is 4.90 Å². The third kappa shape index (κ3) is 3.64. The molecule has 0 atom stereocenters. The van der Waals surface area contributed by atoms with Crippen molar-refractivity contribution in [2.24, 2.45) is 0 Å². The SMILES string of the molecule is CC(C)N(CC#N)C(=O)c1ccccc1C(=O)c1ccccc1. The van der Waals surface area contributed by atoms with Gasteiger partial charge in [-0.2, -0.15) is 5.26 Å². The molecule has 0 N–H and O–H groups in total. The van der Waals surface area contributed by atoms with Crippen molar-refractivity contribution in [3.63, 3.8) is 0 Å². The van der Waals surface area contributed by atoms with Crippen LogP contribution in [0.4, 0.5) is 0 Å². The Morgan fingerprint density at radius 3 is 2.13 bits per heavy atom. The number of benzene rings is 2. The van der Waals surface area contributed by atoms with Gasteiger partial charge < -0.3 is 4.90 Å². The lowest BCUT2D eigenvalue weighted by atomic mass is 9.97. The van der Waals surface area contributed by atoms with Crippen molar-refractivity contribution in [3.8, 4) is 6.07 Å². The number of hydrogen-bond acceptors (Lipinski definition) is 3. The fourth-order valence-electron chi connectivity index (χ4n) is 2.33. The second-order valence-corrected chi connectivity index (χ2v) is 5.43. The monoisotopic (exact) mass is 306 g/mol. The molecule has 23 heavy (non-hydrogen) atoms. The number of nitriles is 1. The summed E-state index contributed by atoms with van der Waals surface area (Å²) in [5.41, 5.74) is 1.21. The summed E-state index contributed by atoms with van der Waals surface area (Å²) < 4.78 is 0. The lowest BCUT2D eigenvalue weighted by molar-refractivity contribution is 0.0727. The van der Waals surface area contributed by atoms with E-state index >= 15 is 0 Å². The number of carbonyl (C=O) groups is 2. The van der Waals surface area contributed by atoms with Crippen LogP contribution in [0.15, 0.2) is 54.6 Å². The van der Waals surface area contributed by atoms with Crippen LogP contribution in [0.25, 0.3) is 0 Å². The van der Waals surface area contributed by atoms with Gasteiger partial charge in [0.25, 0.3) is 5.91 Å². The summed E-state index contributed by atoms with van der Waals surface area (Å²) >= 11 is 0. The zero-order valence-corrected chi connectivity index (χ0v) is 13.2. The molecule has 2 aromatic carbocycles. The maximum Gasteiger partial charge on any atom is 0.255 e. The first-order chi connectivity index (χ1) is 11.1. The average Bonchev–Trinajstić information content (AvgIpc) is 2.59. The van der Waals surface area contributed by atoms with E-state index in [2.05, 4.69) is 0 Å². The van der Waals surface area contributed by atoms with Crippen LogP contribution in [-0.2, 0) is 0 Å². The maximum absolute atomic E-state index is 12.8. The van der Waals surface area contributed by atoms with Gasteiger partial charge in [0.15, 0.2) is 5.78 Å². The molecule has 0 aliphatic carbocycles. The number of rotatable bonds is 5. The first-order valence-electron chi connectivity index (χ1n) is 7.43. The first kappa shape index (κ1) is 16.4. The lowest BCUT2D eigenvalue weighted by Crippen LogP contribution is -2.38. The van der Waals surface area contributed by atoms with Gasteiger partial charge in [-0.15, -0.1) is 0 Å².